The van der Waals surface area contributed by atoms with Gasteiger partial charge in [-0.25, -0.2) is 0 Å². The average molecular weight is 212 g/mol. The highest BCUT2D eigenvalue weighted by molar-refractivity contribution is 5.78. The van der Waals surface area contributed by atoms with Crippen LogP contribution >= 0.6 is 0 Å². The van der Waals surface area contributed by atoms with Gasteiger partial charge in [-0.05, 0) is 11.8 Å². The van der Waals surface area contributed by atoms with Gasteiger partial charge in [-0.1, -0.05) is 34.1 Å². The molecule has 15 heavy (non-hydrogen) atoms. The van der Waals surface area contributed by atoms with Gasteiger partial charge >= 0.3 is 0 Å². The van der Waals surface area contributed by atoms with Gasteiger partial charge in [0.15, 0.2) is 0 Å². The lowest BCUT2D eigenvalue weighted by Crippen LogP contribution is -2.46. The van der Waals surface area contributed by atoms with Gasteiger partial charge in [-0.3, -0.25) is 4.79 Å². The molecule has 0 saturated carbocycles. The average Bonchev–Trinajstić information content (AvgIpc) is 2.46. The number of hydrogen-bond donors (Lipinski definition) is 2. The van der Waals surface area contributed by atoms with Crippen LogP contribution in [0.1, 0.15) is 40.5 Å². The van der Waals surface area contributed by atoms with Crippen molar-refractivity contribution in [1.82, 2.24) is 10.6 Å². The second-order valence-electron chi connectivity index (χ2n) is 5.37. The van der Waals surface area contributed by atoms with Gasteiger partial charge in [-0.2, -0.15) is 0 Å². The van der Waals surface area contributed by atoms with Crippen molar-refractivity contribution < 1.29 is 4.79 Å². The van der Waals surface area contributed by atoms with Crippen molar-refractivity contribution in [3.63, 3.8) is 0 Å². The first-order chi connectivity index (χ1) is 6.97. The van der Waals surface area contributed by atoms with Crippen molar-refractivity contribution in [1.29, 1.82) is 0 Å². The first-order valence-electron chi connectivity index (χ1n) is 5.98. The molecule has 0 spiro atoms. The predicted molar refractivity (Wildman–Crippen MR) is 62.7 cm³/mol. The molecule has 1 aliphatic heterocycles. The lowest BCUT2D eigenvalue weighted by molar-refractivity contribution is -0.125. The third-order valence-electron chi connectivity index (χ3n) is 3.36. The first kappa shape index (κ1) is 12.5. The summed E-state index contributed by atoms with van der Waals surface area (Å²) in [7, 11) is 0. The highest BCUT2D eigenvalue weighted by Gasteiger charge is 2.35. The van der Waals surface area contributed by atoms with E-state index < -0.39 is 0 Å². The molecule has 2 atom stereocenters. The molecule has 1 heterocycles. The van der Waals surface area contributed by atoms with Crippen LogP contribution in [-0.4, -0.2) is 25.0 Å². The van der Waals surface area contributed by atoms with E-state index in [9.17, 15) is 4.79 Å². The number of hydrogen-bond acceptors (Lipinski definition) is 2. The maximum Gasteiger partial charge on any atom is 0.223 e. The fourth-order valence-corrected chi connectivity index (χ4v) is 2.06. The van der Waals surface area contributed by atoms with E-state index in [4.69, 9.17) is 0 Å². The zero-order chi connectivity index (χ0) is 11.5. The molecule has 0 aromatic heterocycles. The molecular weight excluding hydrogens is 188 g/mol. The van der Waals surface area contributed by atoms with E-state index in [-0.39, 0.29) is 23.3 Å². The quantitative estimate of drug-likeness (QED) is 0.742. The molecular formula is C12H24N2O. The minimum atomic E-state index is 0.145. The number of amides is 1. The highest BCUT2D eigenvalue weighted by Crippen LogP contribution is 2.24. The van der Waals surface area contributed by atoms with Crippen LogP contribution in [0, 0.1) is 11.3 Å². The molecule has 3 heteroatoms. The fraction of sp³-hybridized carbons (Fsp3) is 0.917. The van der Waals surface area contributed by atoms with E-state index in [2.05, 4.69) is 31.4 Å². The molecule has 0 aromatic carbocycles. The molecule has 1 fully saturated rings. The standard InChI is InChI=1S/C12H24N2O/c1-5-6-9(2)11(15)14-10-7-13-8-12(10,3)4/h9-10,13H,5-8H2,1-4H3,(H,14,15). The molecule has 2 N–H and O–H groups in total. The fourth-order valence-electron chi connectivity index (χ4n) is 2.06. The normalized spacial score (nSPS) is 26.3. The van der Waals surface area contributed by atoms with Gasteiger partial charge in [0.25, 0.3) is 0 Å². The van der Waals surface area contributed by atoms with Crippen LogP contribution in [0.25, 0.3) is 0 Å². The summed E-state index contributed by atoms with van der Waals surface area (Å²) in [5.41, 5.74) is 0.182. The summed E-state index contributed by atoms with van der Waals surface area (Å²) in [6, 6.07) is 0.282. The summed E-state index contributed by atoms with van der Waals surface area (Å²) in [5.74, 6) is 0.352. The maximum atomic E-state index is 11.8. The van der Waals surface area contributed by atoms with Crippen LogP contribution in [0.4, 0.5) is 0 Å². The van der Waals surface area contributed by atoms with Crippen LogP contribution in [0.2, 0.25) is 0 Å². The summed E-state index contributed by atoms with van der Waals surface area (Å²) < 4.78 is 0. The first-order valence-corrected chi connectivity index (χ1v) is 5.98. The van der Waals surface area contributed by atoms with E-state index in [0.717, 1.165) is 25.9 Å². The Balaban J connectivity index is 2.44. The molecule has 0 aromatic rings. The summed E-state index contributed by atoms with van der Waals surface area (Å²) in [6.07, 6.45) is 2.05. The van der Waals surface area contributed by atoms with E-state index in [1.165, 1.54) is 0 Å². The van der Waals surface area contributed by atoms with Crippen molar-refractivity contribution in [2.24, 2.45) is 11.3 Å². The zero-order valence-corrected chi connectivity index (χ0v) is 10.4. The molecule has 1 aliphatic rings. The number of nitrogens with one attached hydrogen (secondary N) is 2. The zero-order valence-electron chi connectivity index (χ0n) is 10.4. The summed E-state index contributed by atoms with van der Waals surface area (Å²) in [4.78, 5) is 11.8. The topological polar surface area (TPSA) is 41.1 Å². The third kappa shape index (κ3) is 3.20. The van der Waals surface area contributed by atoms with Crippen LogP contribution in [0.15, 0.2) is 0 Å². The highest BCUT2D eigenvalue weighted by atomic mass is 16.1. The second-order valence-corrected chi connectivity index (χ2v) is 5.37. The summed E-state index contributed by atoms with van der Waals surface area (Å²) >= 11 is 0. The van der Waals surface area contributed by atoms with Gasteiger partial charge in [0.2, 0.25) is 5.91 Å². The lowest BCUT2D eigenvalue weighted by atomic mass is 9.87. The second kappa shape index (κ2) is 4.97. The molecule has 0 radical (unpaired) electrons. The summed E-state index contributed by atoms with van der Waals surface area (Å²) in [5, 5.41) is 6.48. The summed E-state index contributed by atoms with van der Waals surface area (Å²) in [6.45, 7) is 10.4. The van der Waals surface area contributed by atoms with Crippen molar-refractivity contribution >= 4 is 5.91 Å². The third-order valence-corrected chi connectivity index (χ3v) is 3.36. The molecule has 0 aliphatic carbocycles. The van der Waals surface area contributed by atoms with Gasteiger partial charge in [0.05, 0.1) is 0 Å². The Morgan fingerprint density at radius 1 is 1.60 bits per heavy atom. The lowest BCUT2D eigenvalue weighted by Gasteiger charge is -2.27. The van der Waals surface area contributed by atoms with Crippen LogP contribution in [-0.2, 0) is 4.79 Å². The molecule has 1 amide bonds. The largest absolute Gasteiger partial charge is 0.351 e. The Morgan fingerprint density at radius 3 is 2.73 bits per heavy atom. The Labute approximate surface area is 93.0 Å². The number of rotatable bonds is 4. The number of carbonyl (C=O) groups excluding carboxylic acids is 1. The van der Waals surface area contributed by atoms with Gasteiger partial charge in [0.1, 0.15) is 0 Å². The van der Waals surface area contributed by atoms with E-state index in [0.29, 0.717) is 0 Å². The van der Waals surface area contributed by atoms with Crippen molar-refractivity contribution in [3.8, 4) is 0 Å². The maximum absolute atomic E-state index is 11.8. The van der Waals surface area contributed by atoms with Crippen molar-refractivity contribution in [2.45, 2.75) is 46.6 Å². The van der Waals surface area contributed by atoms with E-state index >= 15 is 0 Å². The minimum Gasteiger partial charge on any atom is -0.351 e. The Kier molecular flexibility index (Phi) is 4.14. The van der Waals surface area contributed by atoms with Gasteiger partial charge < -0.3 is 10.6 Å². The number of carbonyl (C=O) groups is 1. The smallest absolute Gasteiger partial charge is 0.223 e. The van der Waals surface area contributed by atoms with Crippen molar-refractivity contribution in [2.75, 3.05) is 13.1 Å². The molecule has 1 saturated heterocycles. The molecule has 88 valence electrons. The van der Waals surface area contributed by atoms with Gasteiger partial charge in [-0.15, -0.1) is 0 Å². The molecule has 0 bridgehead atoms. The molecule has 1 rings (SSSR count). The predicted octanol–water partition coefficient (Wildman–Crippen LogP) is 1.54. The van der Waals surface area contributed by atoms with Gasteiger partial charge in [0, 0.05) is 25.0 Å². The molecule has 3 nitrogen and oxygen atoms in total. The Bertz CT molecular complexity index is 226. The van der Waals surface area contributed by atoms with Crippen LogP contribution in [0.5, 0.6) is 0 Å². The van der Waals surface area contributed by atoms with Crippen LogP contribution in [0.3, 0.4) is 0 Å². The SMILES string of the molecule is CCCC(C)C(=O)NC1CNCC1(C)C. The molecule has 2 unspecified atom stereocenters. The Morgan fingerprint density at radius 2 is 2.27 bits per heavy atom. The van der Waals surface area contributed by atoms with Crippen LogP contribution < -0.4 is 10.6 Å². The van der Waals surface area contributed by atoms with Crippen molar-refractivity contribution in [3.05, 3.63) is 0 Å². The van der Waals surface area contributed by atoms with E-state index in [1.54, 1.807) is 0 Å². The minimum absolute atomic E-state index is 0.145. The Hall–Kier alpha value is -0.570. The monoisotopic (exact) mass is 212 g/mol. The van der Waals surface area contributed by atoms with E-state index in [1.807, 2.05) is 6.92 Å².